The van der Waals surface area contributed by atoms with Gasteiger partial charge in [-0.05, 0) is 31.4 Å². The first-order chi connectivity index (χ1) is 7.70. The van der Waals surface area contributed by atoms with Crippen LogP contribution < -0.4 is 5.73 Å². The molecule has 4 nitrogen and oxygen atoms in total. The summed E-state index contributed by atoms with van der Waals surface area (Å²) in [7, 11) is 0. The molecule has 4 heteroatoms. The Morgan fingerprint density at radius 2 is 2.12 bits per heavy atom. The number of rotatable bonds is 2. The van der Waals surface area contributed by atoms with Crippen LogP contribution in [0.5, 0.6) is 0 Å². The van der Waals surface area contributed by atoms with Gasteiger partial charge in [0, 0.05) is 24.3 Å². The molecular weight excluding hydrogens is 202 g/mol. The zero-order valence-electron chi connectivity index (χ0n) is 9.57. The van der Waals surface area contributed by atoms with Gasteiger partial charge in [0.15, 0.2) is 0 Å². The Morgan fingerprint density at radius 3 is 2.75 bits per heavy atom. The molecule has 0 bridgehead atoms. The zero-order chi connectivity index (χ0) is 11.5. The van der Waals surface area contributed by atoms with Crippen molar-refractivity contribution in [3.8, 4) is 0 Å². The second kappa shape index (κ2) is 4.51. The van der Waals surface area contributed by atoms with E-state index in [1.165, 1.54) is 0 Å². The van der Waals surface area contributed by atoms with Crippen molar-refractivity contribution in [2.45, 2.75) is 26.2 Å². The van der Waals surface area contributed by atoms with E-state index in [1.54, 1.807) is 6.07 Å². The smallest absolute Gasteiger partial charge is 0.254 e. The fourth-order valence-corrected chi connectivity index (χ4v) is 2.02. The minimum atomic E-state index is 0.0845. The van der Waals surface area contributed by atoms with Crippen LogP contribution in [0.4, 0.5) is 5.82 Å². The maximum atomic E-state index is 12.1. The number of likely N-dealkylation sites (tertiary alicyclic amines) is 1. The molecule has 0 aromatic carbocycles. The van der Waals surface area contributed by atoms with Crippen molar-refractivity contribution < 1.29 is 4.79 Å². The molecule has 1 saturated heterocycles. The number of nitrogens with two attached hydrogens (primary N) is 1. The first kappa shape index (κ1) is 10.9. The molecule has 2 rings (SSSR count). The van der Waals surface area contributed by atoms with E-state index in [0.29, 0.717) is 11.4 Å². The fourth-order valence-electron chi connectivity index (χ4n) is 2.02. The Kier molecular flexibility index (Phi) is 3.08. The van der Waals surface area contributed by atoms with Gasteiger partial charge in [-0.1, -0.05) is 6.92 Å². The summed E-state index contributed by atoms with van der Waals surface area (Å²) >= 11 is 0. The van der Waals surface area contributed by atoms with Crippen molar-refractivity contribution in [3.05, 3.63) is 23.4 Å². The number of hydrogen-bond acceptors (Lipinski definition) is 3. The molecule has 1 fully saturated rings. The van der Waals surface area contributed by atoms with Crippen LogP contribution in [-0.4, -0.2) is 28.9 Å². The van der Waals surface area contributed by atoms with Crippen LogP contribution in [0.3, 0.4) is 0 Å². The van der Waals surface area contributed by atoms with Crippen molar-refractivity contribution in [3.63, 3.8) is 0 Å². The van der Waals surface area contributed by atoms with Crippen LogP contribution in [0.2, 0.25) is 0 Å². The molecule has 1 aliphatic rings. The molecule has 1 amide bonds. The predicted octanol–water partition coefficient (Wildman–Crippen LogP) is 1.46. The Morgan fingerprint density at radius 1 is 1.44 bits per heavy atom. The largest absolute Gasteiger partial charge is 0.384 e. The lowest BCUT2D eigenvalue weighted by molar-refractivity contribution is 0.0792. The van der Waals surface area contributed by atoms with E-state index in [4.69, 9.17) is 5.73 Å². The Hall–Kier alpha value is -1.58. The monoisotopic (exact) mass is 219 g/mol. The average Bonchev–Trinajstić information content (AvgIpc) is 2.80. The van der Waals surface area contributed by atoms with Crippen molar-refractivity contribution in [2.24, 2.45) is 0 Å². The normalized spacial score (nSPS) is 15.4. The number of carbonyl (C=O) groups excluding carboxylic acids is 1. The standard InChI is InChI=1S/C12H17N3O/c1-2-10-7-9(8-11(13)14-10)12(16)15-5-3-4-6-15/h7-8H,2-6H2,1H3,(H2,13,14). The molecule has 1 aromatic rings. The number of aromatic nitrogens is 1. The topological polar surface area (TPSA) is 59.2 Å². The summed E-state index contributed by atoms with van der Waals surface area (Å²) in [5, 5.41) is 0. The zero-order valence-corrected chi connectivity index (χ0v) is 9.57. The van der Waals surface area contributed by atoms with Gasteiger partial charge in [-0.2, -0.15) is 0 Å². The first-order valence-corrected chi connectivity index (χ1v) is 5.76. The van der Waals surface area contributed by atoms with E-state index < -0.39 is 0 Å². The molecule has 0 atom stereocenters. The van der Waals surface area contributed by atoms with Crippen molar-refractivity contribution in [1.82, 2.24) is 9.88 Å². The second-order valence-electron chi connectivity index (χ2n) is 4.12. The molecule has 0 saturated carbocycles. The molecule has 1 aromatic heterocycles. The molecule has 0 spiro atoms. The third-order valence-electron chi connectivity index (χ3n) is 2.90. The molecule has 1 aliphatic heterocycles. The summed E-state index contributed by atoms with van der Waals surface area (Å²) in [5.41, 5.74) is 7.24. The van der Waals surface area contributed by atoms with Gasteiger partial charge in [0.25, 0.3) is 5.91 Å². The lowest BCUT2D eigenvalue weighted by Crippen LogP contribution is -2.27. The SMILES string of the molecule is CCc1cc(C(=O)N2CCCC2)cc(N)n1. The highest BCUT2D eigenvalue weighted by Gasteiger charge is 2.20. The summed E-state index contributed by atoms with van der Waals surface area (Å²) in [6.45, 7) is 3.73. The van der Waals surface area contributed by atoms with E-state index in [2.05, 4.69) is 4.98 Å². The maximum Gasteiger partial charge on any atom is 0.254 e. The number of aryl methyl sites for hydroxylation is 1. The van der Waals surface area contributed by atoms with Gasteiger partial charge in [0.1, 0.15) is 5.82 Å². The van der Waals surface area contributed by atoms with Crippen molar-refractivity contribution in [1.29, 1.82) is 0 Å². The van der Waals surface area contributed by atoms with E-state index in [1.807, 2.05) is 17.9 Å². The van der Waals surface area contributed by atoms with Gasteiger partial charge >= 0.3 is 0 Å². The predicted molar refractivity (Wildman–Crippen MR) is 63.2 cm³/mol. The number of anilines is 1. The maximum absolute atomic E-state index is 12.1. The quantitative estimate of drug-likeness (QED) is 0.819. The third-order valence-corrected chi connectivity index (χ3v) is 2.90. The summed E-state index contributed by atoms with van der Waals surface area (Å²) in [6, 6.07) is 3.51. The number of nitrogen functional groups attached to an aromatic ring is 1. The Labute approximate surface area is 95.5 Å². The van der Waals surface area contributed by atoms with Gasteiger partial charge in [-0.15, -0.1) is 0 Å². The van der Waals surface area contributed by atoms with E-state index in [9.17, 15) is 4.79 Å². The molecule has 16 heavy (non-hydrogen) atoms. The van der Waals surface area contributed by atoms with E-state index in [0.717, 1.165) is 38.0 Å². The Bertz CT molecular complexity index is 397. The highest BCUT2D eigenvalue weighted by atomic mass is 16.2. The van der Waals surface area contributed by atoms with Crippen LogP contribution in [0, 0.1) is 0 Å². The molecule has 0 unspecified atom stereocenters. The highest BCUT2D eigenvalue weighted by Crippen LogP contribution is 2.15. The summed E-state index contributed by atoms with van der Waals surface area (Å²) in [6.07, 6.45) is 3.01. The molecule has 86 valence electrons. The van der Waals surface area contributed by atoms with E-state index >= 15 is 0 Å². The number of hydrogen-bond donors (Lipinski definition) is 1. The fraction of sp³-hybridized carbons (Fsp3) is 0.500. The number of amides is 1. The van der Waals surface area contributed by atoms with Gasteiger partial charge in [0.05, 0.1) is 0 Å². The van der Waals surface area contributed by atoms with Crippen LogP contribution in [0.1, 0.15) is 35.8 Å². The number of carbonyl (C=O) groups is 1. The molecule has 0 radical (unpaired) electrons. The van der Waals surface area contributed by atoms with Gasteiger partial charge in [-0.25, -0.2) is 4.98 Å². The lowest BCUT2D eigenvalue weighted by Gasteiger charge is -2.15. The second-order valence-corrected chi connectivity index (χ2v) is 4.12. The lowest BCUT2D eigenvalue weighted by atomic mass is 10.1. The van der Waals surface area contributed by atoms with Gasteiger partial charge < -0.3 is 10.6 Å². The molecule has 0 aliphatic carbocycles. The number of nitrogens with zero attached hydrogens (tertiary/aromatic N) is 2. The van der Waals surface area contributed by atoms with Crippen LogP contribution in [-0.2, 0) is 6.42 Å². The Balaban J connectivity index is 2.24. The average molecular weight is 219 g/mol. The molecule has 2 N–H and O–H groups in total. The minimum Gasteiger partial charge on any atom is -0.384 e. The summed E-state index contributed by atoms with van der Waals surface area (Å²) in [4.78, 5) is 18.2. The van der Waals surface area contributed by atoms with Crippen LogP contribution in [0.25, 0.3) is 0 Å². The summed E-state index contributed by atoms with van der Waals surface area (Å²) in [5.74, 6) is 0.517. The van der Waals surface area contributed by atoms with Crippen LogP contribution >= 0.6 is 0 Å². The van der Waals surface area contributed by atoms with Crippen molar-refractivity contribution in [2.75, 3.05) is 18.8 Å². The highest BCUT2D eigenvalue weighted by molar-refractivity contribution is 5.95. The van der Waals surface area contributed by atoms with E-state index in [-0.39, 0.29) is 5.91 Å². The number of pyridine rings is 1. The van der Waals surface area contributed by atoms with Crippen LogP contribution in [0.15, 0.2) is 12.1 Å². The summed E-state index contributed by atoms with van der Waals surface area (Å²) < 4.78 is 0. The van der Waals surface area contributed by atoms with Gasteiger partial charge in [-0.3, -0.25) is 4.79 Å². The minimum absolute atomic E-state index is 0.0845. The first-order valence-electron chi connectivity index (χ1n) is 5.76. The van der Waals surface area contributed by atoms with Crippen molar-refractivity contribution >= 4 is 11.7 Å². The molecular formula is C12H17N3O. The van der Waals surface area contributed by atoms with Gasteiger partial charge in [0.2, 0.25) is 0 Å². The molecule has 2 heterocycles. The third kappa shape index (κ3) is 2.15.